The van der Waals surface area contributed by atoms with Gasteiger partial charge in [-0.05, 0) is 24.1 Å². The third-order valence-electron chi connectivity index (χ3n) is 3.04. The molecule has 1 aromatic carbocycles. The number of ether oxygens (including phenoxy) is 1. The summed E-state index contributed by atoms with van der Waals surface area (Å²) in [5, 5.41) is 2.80. The Bertz CT molecular complexity index is 399. The Labute approximate surface area is 115 Å². The van der Waals surface area contributed by atoms with E-state index in [1.165, 1.54) is 0 Å². The number of carbonyl (C=O) groups excluding carboxylic acids is 1. The second kappa shape index (κ2) is 7.26. The molecule has 0 fully saturated rings. The smallest absolute Gasteiger partial charge is 0.250 e. The molecule has 0 saturated carbocycles. The third-order valence-corrected chi connectivity index (χ3v) is 3.04. The number of nitrogens with two attached hydrogens (primary N) is 1. The molecule has 3 N–H and O–H groups in total. The second-order valence-electron chi connectivity index (χ2n) is 5.27. The summed E-state index contributed by atoms with van der Waals surface area (Å²) in [6, 6.07) is 7.78. The summed E-state index contributed by atoms with van der Waals surface area (Å²) in [7, 11) is 0. The zero-order valence-corrected chi connectivity index (χ0v) is 12.0. The van der Waals surface area contributed by atoms with Crippen LogP contribution in [0.15, 0.2) is 24.3 Å². The molecule has 0 aliphatic rings. The van der Waals surface area contributed by atoms with E-state index in [0.717, 1.165) is 17.7 Å². The summed E-state index contributed by atoms with van der Waals surface area (Å²) in [4.78, 5) is 11.6. The Kier molecular flexibility index (Phi) is 5.99. The number of carbonyl (C=O) groups is 1. The highest BCUT2D eigenvalue weighted by Crippen LogP contribution is 2.23. The number of hydrogen-bond donors (Lipinski definition) is 2. The highest BCUT2D eigenvalue weighted by Gasteiger charge is 2.17. The van der Waals surface area contributed by atoms with Gasteiger partial charge in [-0.25, -0.2) is 0 Å². The molecule has 19 heavy (non-hydrogen) atoms. The van der Waals surface area contributed by atoms with Gasteiger partial charge in [0, 0.05) is 24.3 Å². The molecule has 0 atom stereocenters. The molecular formula is C15H24N2O2. The first-order valence-corrected chi connectivity index (χ1v) is 6.68. The molecule has 0 heterocycles. The molecule has 0 aliphatic heterocycles. The van der Waals surface area contributed by atoms with E-state index in [0.29, 0.717) is 13.2 Å². The number of nitrogens with one attached hydrogen (secondary N) is 1. The van der Waals surface area contributed by atoms with Crippen molar-refractivity contribution >= 4 is 11.6 Å². The van der Waals surface area contributed by atoms with Gasteiger partial charge in [0.05, 0.1) is 0 Å². The van der Waals surface area contributed by atoms with Crippen LogP contribution in [0.3, 0.4) is 0 Å². The summed E-state index contributed by atoms with van der Waals surface area (Å²) in [5.74, 6) is -0.126. The average molecular weight is 264 g/mol. The van der Waals surface area contributed by atoms with Crippen LogP contribution in [-0.2, 0) is 14.9 Å². The highest BCUT2D eigenvalue weighted by molar-refractivity contribution is 5.91. The quantitative estimate of drug-likeness (QED) is 0.743. The second-order valence-corrected chi connectivity index (χ2v) is 5.27. The fourth-order valence-corrected chi connectivity index (χ4v) is 1.63. The van der Waals surface area contributed by atoms with Crippen molar-refractivity contribution in [2.24, 2.45) is 5.73 Å². The van der Waals surface area contributed by atoms with Gasteiger partial charge in [0.2, 0.25) is 5.91 Å². The molecule has 0 aromatic heterocycles. The Morgan fingerprint density at radius 1 is 1.32 bits per heavy atom. The molecule has 0 aliphatic carbocycles. The monoisotopic (exact) mass is 264 g/mol. The van der Waals surface area contributed by atoms with E-state index in [9.17, 15) is 4.79 Å². The minimum atomic E-state index is -0.126. The Morgan fingerprint density at radius 3 is 2.47 bits per heavy atom. The third kappa shape index (κ3) is 5.01. The van der Waals surface area contributed by atoms with Crippen LogP contribution in [0.1, 0.15) is 32.8 Å². The van der Waals surface area contributed by atoms with Gasteiger partial charge in [-0.15, -0.1) is 0 Å². The van der Waals surface area contributed by atoms with Crippen molar-refractivity contribution in [1.29, 1.82) is 0 Å². The number of rotatable bonds is 7. The molecule has 4 heteroatoms. The van der Waals surface area contributed by atoms with Crippen LogP contribution in [0.5, 0.6) is 0 Å². The van der Waals surface area contributed by atoms with Crippen LogP contribution < -0.4 is 11.1 Å². The minimum absolute atomic E-state index is 0.0488. The molecule has 4 nitrogen and oxygen atoms in total. The van der Waals surface area contributed by atoms with E-state index < -0.39 is 0 Å². The van der Waals surface area contributed by atoms with Crippen molar-refractivity contribution in [3.63, 3.8) is 0 Å². The maximum absolute atomic E-state index is 11.6. The normalized spacial score (nSPS) is 11.4. The van der Waals surface area contributed by atoms with Crippen LogP contribution in [-0.4, -0.2) is 25.7 Å². The minimum Gasteiger partial charge on any atom is -0.372 e. The molecule has 1 aromatic rings. The van der Waals surface area contributed by atoms with Crippen molar-refractivity contribution in [3.05, 3.63) is 29.8 Å². The number of benzene rings is 1. The van der Waals surface area contributed by atoms with E-state index in [-0.39, 0.29) is 17.9 Å². The summed E-state index contributed by atoms with van der Waals surface area (Å²) >= 11 is 0. The van der Waals surface area contributed by atoms with Crippen LogP contribution >= 0.6 is 0 Å². The summed E-state index contributed by atoms with van der Waals surface area (Å²) in [6.07, 6.45) is 0.913. The molecule has 0 spiro atoms. The largest absolute Gasteiger partial charge is 0.372 e. The lowest BCUT2D eigenvalue weighted by molar-refractivity contribution is -0.120. The zero-order chi connectivity index (χ0) is 14.3. The first-order valence-electron chi connectivity index (χ1n) is 6.68. The van der Waals surface area contributed by atoms with Gasteiger partial charge in [0.25, 0.3) is 0 Å². The van der Waals surface area contributed by atoms with E-state index in [1.54, 1.807) is 0 Å². The summed E-state index contributed by atoms with van der Waals surface area (Å²) < 4.78 is 5.18. The molecule has 0 unspecified atom stereocenters. The van der Waals surface area contributed by atoms with Crippen molar-refractivity contribution in [1.82, 2.24) is 0 Å². The molecule has 1 rings (SSSR count). The van der Waals surface area contributed by atoms with Gasteiger partial charge >= 0.3 is 0 Å². The Balaban J connectivity index is 2.55. The van der Waals surface area contributed by atoms with E-state index in [1.807, 2.05) is 31.2 Å². The lowest BCUT2D eigenvalue weighted by Gasteiger charge is -2.23. The van der Waals surface area contributed by atoms with Gasteiger partial charge in [0.1, 0.15) is 6.61 Å². The van der Waals surface area contributed by atoms with Gasteiger partial charge in [-0.2, -0.15) is 0 Å². The Hall–Kier alpha value is -1.39. The topological polar surface area (TPSA) is 64.3 Å². The first-order chi connectivity index (χ1) is 8.99. The van der Waals surface area contributed by atoms with Crippen LogP contribution in [0.25, 0.3) is 0 Å². The maximum atomic E-state index is 11.6. The fourth-order valence-electron chi connectivity index (χ4n) is 1.63. The lowest BCUT2D eigenvalue weighted by atomic mass is 9.85. The van der Waals surface area contributed by atoms with Gasteiger partial charge in [0.15, 0.2) is 0 Å². The summed E-state index contributed by atoms with van der Waals surface area (Å²) in [6.45, 7) is 7.50. The van der Waals surface area contributed by atoms with Gasteiger partial charge in [-0.1, -0.05) is 32.9 Å². The summed E-state index contributed by atoms with van der Waals surface area (Å²) in [5.41, 5.74) is 7.63. The van der Waals surface area contributed by atoms with Gasteiger partial charge in [-0.3, -0.25) is 4.79 Å². The highest BCUT2D eigenvalue weighted by atomic mass is 16.5. The molecule has 0 bridgehead atoms. The lowest BCUT2D eigenvalue weighted by Crippen LogP contribution is -2.28. The number of anilines is 1. The predicted molar refractivity (Wildman–Crippen MR) is 78.3 cm³/mol. The Morgan fingerprint density at radius 2 is 1.95 bits per heavy atom. The van der Waals surface area contributed by atoms with Crippen molar-refractivity contribution in [2.75, 3.05) is 25.1 Å². The van der Waals surface area contributed by atoms with E-state index in [2.05, 4.69) is 19.2 Å². The van der Waals surface area contributed by atoms with Crippen molar-refractivity contribution in [2.45, 2.75) is 32.6 Å². The first kappa shape index (κ1) is 15.7. The number of hydrogen-bond acceptors (Lipinski definition) is 3. The average Bonchev–Trinajstić information content (AvgIpc) is 2.39. The standard InChI is InChI=1S/C15H24N2O2/c1-4-9-19-10-14(18)17-13-7-5-12(6-8-13)15(2,3)11-16/h5-8H,4,9-11,16H2,1-3H3,(H,17,18). The molecule has 0 saturated heterocycles. The predicted octanol–water partition coefficient (Wildman–Crippen LogP) is 2.29. The van der Waals surface area contributed by atoms with Crippen LogP contribution in [0.2, 0.25) is 0 Å². The molecule has 0 radical (unpaired) electrons. The van der Waals surface area contributed by atoms with Crippen LogP contribution in [0.4, 0.5) is 5.69 Å². The van der Waals surface area contributed by atoms with E-state index >= 15 is 0 Å². The van der Waals surface area contributed by atoms with Crippen LogP contribution in [0, 0.1) is 0 Å². The number of amides is 1. The molecular weight excluding hydrogens is 240 g/mol. The fraction of sp³-hybridized carbons (Fsp3) is 0.533. The SMILES string of the molecule is CCCOCC(=O)Nc1ccc(C(C)(C)CN)cc1. The molecule has 1 amide bonds. The maximum Gasteiger partial charge on any atom is 0.250 e. The zero-order valence-electron chi connectivity index (χ0n) is 12.0. The van der Waals surface area contributed by atoms with Gasteiger partial charge < -0.3 is 15.8 Å². The van der Waals surface area contributed by atoms with E-state index in [4.69, 9.17) is 10.5 Å². The molecule has 106 valence electrons. The van der Waals surface area contributed by atoms with Crippen molar-refractivity contribution < 1.29 is 9.53 Å². The van der Waals surface area contributed by atoms with Crippen molar-refractivity contribution in [3.8, 4) is 0 Å².